The molecule has 0 aliphatic carbocycles. The van der Waals surface area contributed by atoms with Crippen molar-refractivity contribution < 1.29 is 8.60 Å². The number of hydrogen-bond acceptors (Lipinski definition) is 1. The Hall–Kier alpha value is -0.635. The fraction of sp³-hybridized carbons (Fsp3) is 0.400. The van der Waals surface area contributed by atoms with Gasteiger partial charge in [-0.1, -0.05) is 19.1 Å². The topological polar surface area (TPSA) is 17.1 Å². The molecule has 2 radical (unpaired) electrons. The number of hydrogen-bond donors (Lipinski definition) is 0. The van der Waals surface area contributed by atoms with E-state index in [9.17, 15) is 8.60 Å². The van der Waals surface area contributed by atoms with E-state index in [1.54, 1.807) is 24.3 Å². The molecule has 1 aromatic carbocycles. The van der Waals surface area contributed by atoms with Gasteiger partial charge in [0.2, 0.25) is 0 Å². The molecule has 0 spiro atoms. The first-order valence-electron chi connectivity index (χ1n) is 4.42. The third kappa shape index (κ3) is 2.67. The van der Waals surface area contributed by atoms with E-state index >= 15 is 0 Å². The summed E-state index contributed by atoms with van der Waals surface area (Å²) >= 11 is 0. The molecule has 1 nitrogen and oxygen atoms in total. The van der Waals surface area contributed by atoms with Gasteiger partial charge in [0.05, 0.1) is 16.4 Å². The zero-order valence-electron chi connectivity index (χ0n) is 8.29. The van der Waals surface area contributed by atoms with Crippen LogP contribution in [-0.4, -0.2) is 17.8 Å². The molecule has 0 aliphatic rings. The molecule has 0 bridgehead atoms. The first-order chi connectivity index (χ1) is 6.45. The largest absolute Gasteiger partial charge is 0.254 e. The molecule has 1 rings (SSSR count). The molecule has 0 fully saturated rings. The Labute approximate surface area is 87.6 Å². The van der Waals surface area contributed by atoms with Crippen LogP contribution in [0.3, 0.4) is 0 Å². The number of halogens is 1. The Morgan fingerprint density at radius 3 is 2.29 bits per heavy atom. The van der Waals surface area contributed by atoms with Gasteiger partial charge in [-0.2, -0.15) is 0 Å². The lowest BCUT2D eigenvalue weighted by Gasteiger charge is -2.15. The van der Waals surface area contributed by atoms with Crippen LogP contribution < -0.4 is 0 Å². The van der Waals surface area contributed by atoms with Crippen LogP contribution in [-0.2, 0) is 16.4 Å². The average Bonchev–Trinajstić information content (AvgIpc) is 2.15. The lowest BCUT2D eigenvalue weighted by atomic mass is 9.79. The van der Waals surface area contributed by atoms with Crippen LogP contribution in [0.4, 0.5) is 4.39 Å². The normalized spacial score (nSPS) is 17.4. The van der Waals surface area contributed by atoms with Gasteiger partial charge in [0.25, 0.3) is 0 Å². The Balaban J connectivity index is 2.95. The molecular weight excluding hydrogens is 198 g/mol. The summed E-state index contributed by atoms with van der Waals surface area (Å²) in [5.41, 5.74) is -1.43. The predicted octanol–water partition coefficient (Wildman–Crippen LogP) is 2.12. The first kappa shape index (κ1) is 11.4. The Morgan fingerprint density at radius 2 is 1.93 bits per heavy atom. The SMILES string of the molecule is [B]C(C)(F)c1ccc(S(=O)CC)cc1. The van der Waals surface area contributed by atoms with E-state index < -0.39 is 16.4 Å². The van der Waals surface area contributed by atoms with Crippen LogP contribution in [0, 0.1) is 0 Å². The summed E-state index contributed by atoms with van der Waals surface area (Å²) in [6.45, 7) is 3.13. The minimum Gasteiger partial charge on any atom is -0.254 e. The zero-order valence-corrected chi connectivity index (χ0v) is 9.10. The van der Waals surface area contributed by atoms with Crippen molar-refractivity contribution in [1.29, 1.82) is 0 Å². The lowest BCUT2D eigenvalue weighted by Crippen LogP contribution is -2.14. The van der Waals surface area contributed by atoms with E-state index in [-0.39, 0.29) is 0 Å². The molecule has 0 saturated carbocycles. The Bertz CT molecular complexity index is 329. The molecule has 2 atom stereocenters. The first-order valence-corrected chi connectivity index (χ1v) is 5.73. The Morgan fingerprint density at radius 1 is 1.43 bits per heavy atom. The van der Waals surface area contributed by atoms with Crippen LogP contribution in [0.15, 0.2) is 29.2 Å². The maximum Gasteiger partial charge on any atom is 0.127 e. The van der Waals surface area contributed by atoms with Gasteiger partial charge < -0.3 is 0 Å². The van der Waals surface area contributed by atoms with Gasteiger partial charge in [-0.15, -0.1) is 0 Å². The highest BCUT2D eigenvalue weighted by Gasteiger charge is 2.17. The molecule has 0 heterocycles. The number of alkyl halides is 1. The van der Waals surface area contributed by atoms with Crippen LogP contribution >= 0.6 is 0 Å². The molecule has 2 unspecified atom stereocenters. The minimum absolute atomic E-state index is 0.398. The molecule has 0 amide bonds. The molecule has 0 aliphatic heterocycles. The van der Waals surface area contributed by atoms with Gasteiger partial charge >= 0.3 is 0 Å². The third-order valence-electron chi connectivity index (χ3n) is 1.94. The van der Waals surface area contributed by atoms with Crippen LogP contribution in [0.25, 0.3) is 0 Å². The van der Waals surface area contributed by atoms with Crippen molar-refractivity contribution in [2.24, 2.45) is 0 Å². The lowest BCUT2D eigenvalue weighted by molar-refractivity contribution is 0.313. The molecule has 74 valence electrons. The summed E-state index contributed by atoms with van der Waals surface area (Å²) in [5.74, 6) is 0.564. The van der Waals surface area contributed by atoms with Gasteiger partial charge in [-0.25, -0.2) is 0 Å². The average molecular weight is 210 g/mol. The van der Waals surface area contributed by atoms with Crippen LogP contribution in [0.5, 0.6) is 0 Å². The predicted molar refractivity (Wildman–Crippen MR) is 57.6 cm³/mol. The summed E-state index contributed by atoms with van der Waals surface area (Å²) in [7, 11) is 4.28. The van der Waals surface area contributed by atoms with Crippen molar-refractivity contribution in [2.75, 3.05) is 5.75 Å². The molecule has 0 aromatic heterocycles. The highest BCUT2D eigenvalue weighted by atomic mass is 32.2. The fourth-order valence-electron chi connectivity index (χ4n) is 1.10. The van der Waals surface area contributed by atoms with Crippen molar-refractivity contribution in [3.05, 3.63) is 29.8 Å². The highest BCUT2D eigenvalue weighted by molar-refractivity contribution is 7.85. The maximum absolute atomic E-state index is 13.2. The standard InChI is InChI=1S/C10H12BFOS/c1-3-14(13)9-6-4-8(5-7-9)10(2,11)12/h4-7H,3H2,1-2H3. The van der Waals surface area contributed by atoms with E-state index in [0.717, 1.165) is 0 Å². The Kier molecular flexibility index (Phi) is 3.48. The smallest absolute Gasteiger partial charge is 0.127 e. The van der Waals surface area contributed by atoms with Crippen molar-refractivity contribution in [3.63, 3.8) is 0 Å². The van der Waals surface area contributed by atoms with Crippen molar-refractivity contribution in [2.45, 2.75) is 24.3 Å². The summed E-state index contributed by atoms with van der Waals surface area (Å²) in [4.78, 5) is 0.709. The van der Waals surface area contributed by atoms with E-state index in [1.165, 1.54) is 6.92 Å². The monoisotopic (exact) mass is 210 g/mol. The second-order valence-corrected chi connectivity index (χ2v) is 4.97. The van der Waals surface area contributed by atoms with E-state index in [2.05, 4.69) is 0 Å². The molecule has 0 N–H and O–H groups in total. The van der Waals surface area contributed by atoms with Gasteiger partial charge in [0.15, 0.2) is 0 Å². The molecular formula is C10H12BFOS. The zero-order chi connectivity index (χ0) is 10.8. The van der Waals surface area contributed by atoms with E-state index in [1.807, 2.05) is 6.92 Å². The van der Waals surface area contributed by atoms with E-state index in [4.69, 9.17) is 7.85 Å². The summed E-state index contributed by atoms with van der Waals surface area (Å²) in [6.07, 6.45) is 0. The van der Waals surface area contributed by atoms with Gasteiger partial charge in [0.1, 0.15) is 7.85 Å². The summed E-state index contributed by atoms with van der Waals surface area (Å²) in [5, 5.41) is 0. The van der Waals surface area contributed by atoms with Gasteiger partial charge in [-0.3, -0.25) is 8.60 Å². The fourth-order valence-corrected chi connectivity index (χ4v) is 1.87. The molecule has 0 saturated heterocycles. The highest BCUT2D eigenvalue weighted by Crippen LogP contribution is 2.22. The van der Waals surface area contributed by atoms with Crippen LogP contribution in [0.2, 0.25) is 0 Å². The third-order valence-corrected chi connectivity index (χ3v) is 3.27. The quantitative estimate of drug-likeness (QED) is 0.698. The number of rotatable bonds is 3. The van der Waals surface area contributed by atoms with Crippen molar-refractivity contribution in [1.82, 2.24) is 0 Å². The second-order valence-electron chi connectivity index (χ2n) is 3.23. The van der Waals surface area contributed by atoms with Gasteiger partial charge in [0, 0.05) is 10.6 Å². The van der Waals surface area contributed by atoms with Gasteiger partial charge in [-0.05, 0) is 24.6 Å². The van der Waals surface area contributed by atoms with E-state index in [0.29, 0.717) is 16.2 Å². The summed E-state index contributed by atoms with van der Waals surface area (Å²) in [6, 6.07) is 6.45. The minimum atomic E-state index is -1.83. The molecule has 4 heteroatoms. The number of benzene rings is 1. The van der Waals surface area contributed by atoms with Crippen LogP contribution in [0.1, 0.15) is 19.4 Å². The second kappa shape index (κ2) is 4.26. The molecule has 1 aromatic rings. The van der Waals surface area contributed by atoms with Crippen molar-refractivity contribution >= 4 is 18.6 Å². The molecule has 14 heavy (non-hydrogen) atoms. The van der Waals surface area contributed by atoms with Crippen molar-refractivity contribution in [3.8, 4) is 0 Å². The summed E-state index contributed by atoms with van der Waals surface area (Å²) < 4.78 is 24.6. The maximum atomic E-state index is 13.2.